The molecule has 1 heterocycles. The molecule has 1 aliphatic carbocycles. The van der Waals surface area contributed by atoms with Gasteiger partial charge in [-0.2, -0.15) is 0 Å². The van der Waals surface area contributed by atoms with E-state index in [-0.39, 0.29) is 0 Å². The molecule has 1 N–H and O–H groups in total. The molecule has 0 spiro atoms. The fourth-order valence-corrected chi connectivity index (χ4v) is 3.72. The third kappa shape index (κ3) is 3.08. The lowest BCUT2D eigenvalue weighted by molar-refractivity contribution is 0.416. The summed E-state index contributed by atoms with van der Waals surface area (Å²) in [6, 6.07) is 4.52. The largest absolute Gasteiger partial charge is 0.316 e. The van der Waals surface area contributed by atoms with Gasteiger partial charge in [0.1, 0.15) is 0 Å². The molecule has 1 fully saturated rings. The van der Waals surface area contributed by atoms with Crippen molar-refractivity contribution in [2.45, 2.75) is 44.9 Å². The molecule has 16 heavy (non-hydrogen) atoms. The molecular weight excluding hydrogens is 214 g/mol. The second-order valence-electron chi connectivity index (χ2n) is 4.87. The van der Waals surface area contributed by atoms with Crippen LogP contribution in [0.2, 0.25) is 0 Å². The quantitative estimate of drug-likeness (QED) is 0.737. The lowest BCUT2D eigenvalue weighted by Crippen LogP contribution is -2.25. The average Bonchev–Trinajstić information content (AvgIpc) is 2.97. The third-order valence-electron chi connectivity index (χ3n) is 3.67. The van der Waals surface area contributed by atoms with Gasteiger partial charge in [-0.25, -0.2) is 0 Å². The Morgan fingerprint density at radius 1 is 1.44 bits per heavy atom. The van der Waals surface area contributed by atoms with Crippen LogP contribution in [-0.4, -0.2) is 13.1 Å². The molecule has 0 aliphatic heterocycles. The van der Waals surface area contributed by atoms with Gasteiger partial charge in [-0.1, -0.05) is 25.8 Å². The van der Waals surface area contributed by atoms with Gasteiger partial charge >= 0.3 is 0 Å². The van der Waals surface area contributed by atoms with E-state index in [0.29, 0.717) is 0 Å². The Balaban J connectivity index is 1.95. The van der Waals surface area contributed by atoms with E-state index < -0.39 is 0 Å². The number of hydrogen-bond donors (Lipinski definition) is 1. The van der Waals surface area contributed by atoms with Gasteiger partial charge in [0.25, 0.3) is 0 Å². The fraction of sp³-hybridized carbons (Fsp3) is 0.714. The van der Waals surface area contributed by atoms with Crippen LogP contribution in [0.5, 0.6) is 0 Å². The average molecular weight is 237 g/mol. The molecule has 1 aromatic rings. The Hall–Kier alpha value is -0.340. The second-order valence-corrected chi connectivity index (χ2v) is 5.85. The van der Waals surface area contributed by atoms with Crippen molar-refractivity contribution >= 4 is 11.3 Å². The Bertz CT molecular complexity index is 275. The first-order valence-electron chi connectivity index (χ1n) is 6.66. The first-order chi connectivity index (χ1) is 7.92. The summed E-state index contributed by atoms with van der Waals surface area (Å²) in [5.74, 6) is 1.71. The van der Waals surface area contributed by atoms with E-state index >= 15 is 0 Å². The highest BCUT2D eigenvalue weighted by atomic mass is 32.1. The van der Waals surface area contributed by atoms with Gasteiger partial charge in [-0.3, -0.25) is 0 Å². The standard InChI is InChI=1S/C14H23NS/c1-2-9-15-11-13(12-6-3-4-7-12)14-8-5-10-16-14/h5,8,10,12-13,15H,2-4,6-7,9,11H2,1H3. The van der Waals surface area contributed by atoms with Crippen molar-refractivity contribution in [1.29, 1.82) is 0 Å². The zero-order valence-electron chi connectivity index (χ0n) is 10.2. The fourth-order valence-electron chi connectivity index (χ4n) is 2.80. The number of rotatable bonds is 6. The molecule has 0 aromatic carbocycles. The number of nitrogens with one attached hydrogen (secondary N) is 1. The van der Waals surface area contributed by atoms with Crippen LogP contribution >= 0.6 is 11.3 Å². The van der Waals surface area contributed by atoms with E-state index in [9.17, 15) is 0 Å². The highest BCUT2D eigenvalue weighted by Crippen LogP contribution is 2.38. The topological polar surface area (TPSA) is 12.0 Å². The smallest absolute Gasteiger partial charge is 0.00916 e. The van der Waals surface area contributed by atoms with Gasteiger partial charge in [0, 0.05) is 17.3 Å². The van der Waals surface area contributed by atoms with Crippen molar-refractivity contribution < 1.29 is 0 Å². The van der Waals surface area contributed by atoms with E-state index in [1.807, 2.05) is 11.3 Å². The maximum absolute atomic E-state index is 3.61. The minimum Gasteiger partial charge on any atom is -0.316 e. The molecule has 0 radical (unpaired) electrons. The minimum atomic E-state index is 0.772. The van der Waals surface area contributed by atoms with Crippen molar-refractivity contribution in [1.82, 2.24) is 5.32 Å². The van der Waals surface area contributed by atoms with Crippen molar-refractivity contribution in [3.63, 3.8) is 0 Å². The van der Waals surface area contributed by atoms with E-state index in [1.54, 1.807) is 4.88 Å². The van der Waals surface area contributed by atoms with Crippen LogP contribution in [0.25, 0.3) is 0 Å². The molecule has 1 saturated carbocycles. The highest BCUT2D eigenvalue weighted by Gasteiger charge is 2.26. The lowest BCUT2D eigenvalue weighted by Gasteiger charge is -2.22. The maximum Gasteiger partial charge on any atom is 0.00916 e. The molecule has 1 atom stereocenters. The second kappa shape index (κ2) is 6.41. The summed E-state index contributed by atoms with van der Waals surface area (Å²) in [6.45, 7) is 4.58. The van der Waals surface area contributed by atoms with Crippen LogP contribution < -0.4 is 5.32 Å². The summed E-state index contributed by atoms with van der Waals surface area (Å²) in [5, 5.41) is 5.83. The zero-order chi connectivity index (χ0) is 11.2. The van der Waals surface area contributed by atoms with E-state index in [1.165, 1.54) is 38.6 Å². The van der Waals surface area contributed by atoms with E-state index in [2.05, 4.69) is 29.8 Å². The maximum atomic E-state index is 3.61. The first kappa shape index (κ1) is 12.1. The molecular formula is C14H23NS. The normalized spacial score (nSPS) is 19.1. The predicted molar refractivity (Wildman–Crippen MR) is 72.2 cm³/mol. The highest BCUT2D eigenvalue weighted by molar-refractivity contribution is 7.10. The van der Waals surface area contributed by atoms with E-state index in [4.69, 9.17) is 0 Å². The summed E-state index contributed by atoms with van der Waals surface area (Å²) < 4.78 is 0. The molecule has 2 rings (SSSR count). The Morgan fingerprint density at radius 3 is 2.88 bits per heavy atom. The van der Waals surface area contributed by atoms with Gasteiger partial charge in [-0.15, -0.1) is 11.3 Å². The Labute approximate surface area is 103 Å². The molecule has 1 nitrogen and oxygen atoms in total. The van der Waals surface area contributed by atoms with Crippen LogP contribution in [-0.2, 0) is 0 Å². The van der Waals surface area contributed by atoms with Crippen LogP contribution in [0.15, 0.2) is 17.5 Å². The lowest BCUT2D eigenvalue weighted by atomic mass is 9.89. The van der Waals surface area contributed by atoms with Gasteiger partial charge < -0.3 is 5.32 Å². The number of thiophene rings is 1. The summed E-state index contributed by atoms with van der Waals surface area (Å²) in [7, 11) is 0. The third-order valence-corrected chi connectivity index (χ3v) is 4.67. The van der Waals surface area contributed by atoms with Crippen LogP contribution in [0.3, 0.4) is 0 Å². The first-order valence-corrected chi connectivity index (χ1v) is 7.54. The summed E-state index contributed by atoms with van der Waals surface area (Å²) in [5.41, 5.74) is 0. The molecule has 2 heteroatoms. The molecule has 90 valence electrons. The summed E-state index contributed by atoms with van der Waals surface area (Å²) in [6.07, 6.45) is 7.01. The molecule has 1 aliphatic rings. The predicted octanol–water partition coefficient (Wildman–Crippen LogP) is 4.02. The molecule has 0 saturated heterocycles. The monoisotopic (exact) mass is 237 g/mol. The van der Waals surface area contributed by atoms with Crippen molar-refractivity contribution in [2.24, 2.45) is 5.92 Å². The zero-order valence-corrected chi connectivity index (χ0v) is 11.1. The molecule has 1 unspecified atom stereocenters. The minimum absolute atomic E-state index is 0.772. The van der Waals surface area contributed by atoms with Crippen LogP contribution in [0.1, 0.15) is 49.8 Å². The Morgan fingerprint density at radius 2 is 2.25 bits per heavy atom. The SMILES string of the molecule is CCCNCC(c1cccs1)C1CCCC1. The molecule has 1 aromatic heterocycles. The number of hydrogen-bond acceptors (Lipinski definition) is 2. The van der Waals surface area contributed by atoms with Gasteiger partial charge in [-0.05, 0) is 43.2 Å². The van der Waals surface area contributed by atoms with Gasteiger partial charge in [0.05, 0.1) is 0 Å². The van der Waals surface area contributed by atoms with E-state index in [0.717, 1.165) is 18.4 Å². The van der Waals surface area contributed by atoms with Crippen molar-refractivity contribution in [3.05, 3.63) is 22.4 Å². The van der Waals surface area contributed by atoms with Gasteiger partial charge in [0.15, 0.2) is 0 Å². The van der Waals surface area contributed by atoms with Crippen molar-refractivity contribution in [2.75, 3.05) is 13.1 Å². The van der Waals surface area contributed by atoms with Crippen molar-refractivity contribution in [3.8, 4) is 0 Å². The Kier molecular flexibility index (Phi) is 4.86. The molecule has 0 amide bonds. The van der Waals surface area contributed by atoms with Crippen LogP contribution in [0.4, 0.5) is 0 Å². The summed E-state index contributed by atoms with van der Waals surface area (Å²) >= 11 is 1.94. The van der Waals surface area contributed by atoms with Crippen LogP contribution in [0, 0.1) is 5.92 Å². The van der Waals surface area contributed by atoms with Gasteiger partial charge in [0.2, 0.25) is 0 Å². The summed E-state index contributed by atoms with van der Waals surface area (Å²) in [4.78, 5) is 1.59. The molecule has 0 bridgehead atoms.